The molecule has 2 N–H and O–H groups in total. The van der Waals surface area contributed by atoms with Gasteiger partial charge in [-0.05, 0) is 24.1 Å². The fraction of sp³-hybridized carbons (Fsp3) is 0.312. The maximum Gasteiger partial charge on any atom is 0.227 e. The normalized spacial score (nSPS) is 17.6. The molecule has 6 nitrogen and oxygen atoms in total. The van der Waals surface area contributed by atoms with Crippen LogP contribution in [-0.2, 0) is 16.1 Å². The molecular weight excluding hydrogens is 299 g/mol. The van der Waals surface area contributed by atoms with E-state index in [2.05, 4.69) is 15.5 Å². The average Bonchev–Trinajstić information content (AvgIpc) is 3.17. The molecule has 0 radical (unpaired) electrons. The summed E-state index contributed by atoms with van der Waals surface area (Å²) in [7, 11) is 0. The second-order valence-electron chi connectivity index (χ2n) is 5.66. The minimum absolute atomic E-state index is 0.0934. The number of nitrogens with zero attached hydrogens (tertiary/aromatic N) is 2. The number of nitrogens with one attached hydrogen (secondary N) is 2. The van der Waals surface area contributed by atoms with Crippen LogP contribution in [0.5, 0.6) is 0 Å². The molecule has 0 saturated carbocycles. The smallest absolute Gasteiger partial charge is 0.227 e. The average molecular weight is 316 g/mol. The van der Waals surface area contributed by atoms with E-state index in [1.165, 1.54) is 6.07 Å². The molecule has 0 spiro atoms. The summed E-state index contributed by atoms with van der Waals surface area (Å²) in [5.74, 6) is -0.924. The summed E-state index contributed by atoms with van der Waals surface area (Å²) in [5.41, 5.74) is 2.03. The third-order valence-corrected chi connectivity index (χ3v) is 3.98. The Balaban J connectivity index is 1.58. The van der Waals surface area contributed by atoms with E-state index in [1.807, 2.05) is 0 Å². The van der Waals surface area contributed by atoms with Crippen LogP contribution in [0.25, 0.3) is 0 Å². The second kappa shape index (κ2) is 6.20. The highest BCUT2D eigenvalue weighted by Gasteiger charge is 2.35. The van der Waals surface area contributed by atoms with Gasteiger partial charge in [-0.1, -0.05) is 12.1 Å². The molecule has 23 heavy (non-hydrogen) atoms. The first-order valence-electron chi connectivity index (χ1n) is 7.36. The Morgan fingerprint density at radius 2 is 2.35 bits per heavy atom. The van der Waals surface area contributed by atoms with Gasteiger partial charge < -0.3 is 10.2 Å². The Hall–Kier alpha value is -2.70. The molecule has 0 aliphatic carbocycles. The van der Waals surface area contributed by atoms with Gasteiger partial charge in [0.2, 0.25) is 11.8 Å². The zero-order valence-electron chi connectivity index (χ0n) is 12.7. The minimum atomic E-state index is -0.390. The molecule has 1 unspecified atom stereocenters. The number of aryl methyl sites for hydroxylation is 1. The van der Waals surface area contributed by atoms with Crippen molar-refractivity contribution in [2.45, 2.75) is 19.9 Å². The van der Waals surface area contributed by atoms with E-state index in [-0.39, 0.29) is 30.0 Å². The van der Waals surface area contributed by atoms with Crippen molar-refractivity contribution < 1.29 is 14.0 Å². The van der Waals surface area contributed by atoms with Crippen molar-refractivity contribution >= 4 is 17.5 Å². The second-order valence-corrected chi connectivity index (χ2v) is 5.66. The number of carbonyl (C=O) groups is 2. The quantitative estimate of drug-likeness (QED) is 0.898. The lowest BCUT2D eigenvalue weighted by Gasteiger charge is -2.14. The van der Waals surface area contributed by atoms with Gasteiger partial charge in [-0.3, -0.25) is 14.7 Å². The monoisotopic (exact) mass is 316 g/mol. The highest BCUT2D eigenvalue weighted by molar-refractivity contribution is 6.00. The molecule has 1 aliphatic heterocycles. The number of H-pyrrole nitrogens is 1. The van der Waals surface area contributed by atoms with Crippen LogP contribution in [0.4, 0.5) is 10.1 Å². The fourth-order valence-corrected chi connectivity index (χ4v) is 2.67. The Morgan fingerprint density at radius 3 is 3.04 bits per heavy atom. The van der Waals surface area contributed by atoms with Crippen LogP contribution in [0, 0.1) is 18.7 Å². The van der Waals surface area contributed by atoms with Crippen molar-refractivity contribution in [2.75, 3.05) is 11.4 Å². The van der Waals surface area contributed by atoms with Crippen LogP contribution in [0.1, 0.15) is 17.5 Å². The van der Waals surface area contributed by atoms with Crippen molar-refractivity contribution in [3.63, 3.8) is 0 Å². The molecule has 120 valence electrons. The van der Waals surface area contributed by atoms with E-state index in [0.717, 1.165) is 5.56 Å². The van der Waals surface area contributed by atoms with Crippen LogP contribution in [0.3, 0.4) is 0 Å². The highest BCUT2D eigenvalue weighted by atomic mass is 19.1. The van der Waals surface area contributed by atoms with E-state index in [4.69, 9.17) is 0 Å². The number of benzene rings is 1. The van der Waals surface area contributed by atoms with Gasteiger partial charge in [0.1, 0.15) is 5.82 Å². The molecule has 7 heteroatoms. The van der Waals surface area contributed by atoms with Crippen molar-refractivity contribution in [3.8, 4) is 0 Å². The maximum absolute atomic E-state index is 13.2. The zero-order chi connectivity index (χ0) is 16.4. The molecule has 0 bridgehead atoms. The first-order chi connectivity index (χ1) is 11.0. The molecule has 2 amide bonds. The lowest BCUT2D eigenvalue weighted by Crippen LogP contribution is -2.32. The molecule has 1 saturated heterocycles. The molecule has 3 rings (SSSR count). The molecule has 1 aliphatic rings. The number of rotatable bonds is 4. The summed E-state index contributed by atoms with van der Waals surface area (Å²) in [4.78, 5) is 25.8. The van der Waals surface area contributed by atoms with Crippen molar-refractivity contribution in [3.05, 3.63) is 47.5 Å². The predicted molar refractivity (Wildman–Crippen MR) is 82.0 cm³/mol. The van der Waals surface area contributed by atoms with Crippen molar-refractivity contribution in [1.82, 2.24) is 15.5 Å². The Bertz CT molecular complexity index is 730. The predicted octanol–water partition coefficient (Wildman–Crippen LogP) is 1.53. The lowest BCUT2D eigenvalue weighted by molar-refractivity contribution is -0.126. The van der Waals surface area contributed by atoms with Gasteiger partial charge in [0, 0.05) is 25.7 Å². The van der Waals surface area contributed by atoms with Gasteiger partial charge in [0.05, 0.1) is 17.8 Å². The lowest BCUT2D eigenvalue weighted by atomic mass is 10.1. The van der Waals surface area contributed by atoms with E-state index in [1.54, 1.807) is 36.4 Å². The van der Waals surface area contributed by atoms with Gasteiger partial charge in [0.15, 0.2) is 0 Å². The Labute approximate surface area is 132 Å². The highest BCUT2D eigenvalue weighted by Crippen LogP contribution is 2.24. The summed E-state index contributed by atoms with van der Waals surface area (Å²) < 4.78 is 13.2. The number of amides is 2. The van der Waals surface area contributed by atoms with E-state index in [0.29, 0.717) is 24.3 Å². The number of hydrogen-bond acceptors (Lipinski definition) is 3. The summed E-state index contributed by atoms with van der Waals surface area (Å²) in [6.07, 6.45) is 3.36. The zero-order valence-corrected chi connectivity index (χ0v) is 12.7. The molecule has 1 fully saturated rings. The molecule has 1 aromatic heterocycles. The van der Waals surface area contributed by atoms with Crippen LogP contribution in [0.2, 0.25) is 0 Å². The van der Waals surface area contributed by atoms with E-state index < -0.39 is 0 Å². The van der Waals surface area contributed by atoms with Gasteiger partial charge in [-0.15, -0.1) is 0 Å². The number of anilines is 1. The third-order valence-electron chi connectivity index (χ3n) is 3.98. The number of aromatic nitrogens is 2. The topological polar surface area (TPSA) is 78.1 Å². The number of hydrogen-bond donors (Lipinski definition) is 2. The largest absolute Gasteiger partial charge is 0.352 e. The summed E-state index contributed by atoms with van der Waals surface area (Å²) in [6.45, 7) is 2.34. The Kier molecular flexibility index (Phi) is 4.10. The summed E-state index contributed by atoms with van der Waals surface area (Å²) >= 11 is 0. The van der Waals surface area contributed by atoms with Crippen molar-refractivity contribution in [1.29, 1.82) is 0 Å². The van der Waals surface area contributed by atoms with Crippen LogP contribution in [-0.4, -0.2) is 28.6 Å². The number of halogens is 1. The van der Waals surface area contributed by atoms with E-state index >= 15 is 0 Å². The van der Waals surface area contributed by atoms with Crippen LogP contribution >= 0.6 is 0 Å². The van der Waals surface area contributed by atoms with Crippen LogP contribution in [0.15, 0.2) is 30.6 Å². The van der Waals surface area contributed by atoms with Gasteiger partial charge in [0.25, 0.3) is 0 Å². The third kappa shape index (κ3) is 3.23. The first-order valence-corrected chi connectivity index (χ1v) is 7.36. The number of aromatic amines is 1. The maximum atomic E-state index is 13.2. The molecule has 1 aromatic carbocycles. The first kappa shape index (κ1) is 15.2. The number of carbonyl (C=O) groups excluding carboxylic acids is 2. The van der Waals surface area contributed by atoms with E-state index in [9.17, 15) is 14.0 Å². The van der Waals surface area contributed by atoms with Crippen LogP contribution < -0.4 is 10.2 Å². The Morgan fingerprint density at radius 1 is 1.52 bits per heavy atom. The molecule has 1 atom stereocenters. The summed E-state index contributed by atoms with van der Waals surface area (Å²) in [5, 5.41) is 9.28. The van der Waals surface area contributed by atoms with Gasteiger partial charge in [-0.25, -0.2) is 4.39 Å². The SMILES string of the molecule is Cc1cc(CNC(=O)C2CC(=O)N(c3cn[nH]c3)C2)ccc1F. The molecule has 2 heterocycles. The van der Waals surface area contributed by atoms with Crippen molar-refractivity contribution in [2.24, 2.45) is 5.92 Å². The van der Waals surface area contributed by atoms with Gasteiger partial charge >= 0.3 is 0 Å². The van der Waals surface area contributed by atoms with Gasteiger partial charge in [-0.2, -0.15) is 5.10 Å². The standard InChI is InChI=1S/C16H17FN4O2/c1-10-4-11(2-3-14(10)17)6-18-16(23)12-5-15(22)21(9-12)13-7-19-20-8-13/h2-4,7-8,12H,5-6,9H2,1H3,(H,18,23)(H,19,20). The summed E-state index contributed by atoms with van der Waals surface area (Å²) in [6, 6.07) is 4.73. The fourth-order valence-electron chi connectivity index (χ4n) is 2.67. The minimum Gasteiger partial charge on any atom is -0.352 e. The molecule has 2 aromatic rings. The molecular formula is C16H17FN4O2.